The fourth-order valence-corrected chi connectivity index (χ4v) is 2.68. The maximum absolute atomic E-state index is 12.2. The standard InChI is InChI=1S/C17H20N4O/c1-13-18-15(20-17(22)14-8-4-2-5-9-14)12-16(19-13)21-10-6-3-7-11-21/h2,4-5,8-9,12H,3,6-7,10-11H2,1H3,(H,18,19,20,22). The molecule has 1 fully saturated rings. The van der Waals surface area contributed by atoms with Crippen molar-refractivity contribution >= 4 is 17.5 Å². The highest BCUT2D eigenvalue weighted by Gasteiger charge is 2.15. The fraction of sp³-hybridized carbons (Fsp3) is 0.353. The highest BCUT2D eigenvalue weighted by Crippen LogP contribution is 2.20. The molecule has 1 aromatic heterocycles. The Morgan fingerprint density at radius 1 is 1.09 bits per heavy atom. The Balaban J connectivity index is 1.79. The van der Waals surface area contributed by atoms with Crippen LogP contribution in [0.1, 0.15) is 35.4 Å². The molecule has 0 bridgehead atoms. The molecule has 0 atom stereocenters. The predicted octanol–water partition coefficient (Wildman–Crippen LogP) is 3.03. The molecule has 5 nitrogen and oxygen atoms in total. The third-order valence-electron chi connectivity index (χ3n) is 3.78. The number of piperidine rings is 1. The van der Waals surface area contributed by atoms with Crippen molar-refractivity contribution in [2.75, 3.05) is 23.3 Å². The normalized spacial score (nSPS) is 14.7. The maximum Gasteiger partial charge on any atom is 0.256 e. The summed E-state index contributed by atoms with van der Waals surface area (Å²) in [5.74, 6) is 1.98. The molecule has 1 amide bonds. The molecule has 1 saturated heterocycles. The molecule has 0 aliphatic carbocycles. The second-order valence-corrected chi connectivity index (χ2v) is 5.53. The molecule has 5 heteroatoms. The van der Waals surface area contributed by atoms with Crippen LogP contribution in [0.3, 0.4) is 0 Å². The maximum atomic E-state index is 12.2. The summed E-state index contributed by atoms with van der Waals surface area (Å²) in [5.41, 5.74) is 0.623. The minimum Gasteiger partial charge on any atom is -0.356 e. The molecule has 1 aliphatic heterocycles. The monoisotopic (exact) mass is 296 g/mol. The topological polar surface area (TPSA) is 58.1 Å². The number of anilines is 2. The van der Waals surface area contributed by atoms with E-state index in [9.17, 15) is 4.79 Å². The van der Waals surface area contributed by atoms with E-state index in [1.165, 1.54) is 19.3 Å². The molecule has 2 heterocycles. The fourth-order valence-electron chi connectivity index (χ4n) is 2.68. The van der Waals surface area contributed by atoms with Crippen LogP contribution in [0.2, 0.25) is 0 Å². The van der Waals surface area contributed by atoms with Crippen LogP contribution in [0.15, 0.2) is 36.4 Å². The van der Waals surface area contributed by atoms with Crippen LogP contribution in [0.25, 0.3) is 0 Å². The second-order valence-electron chi connectivity index (χ2n) is 5.53. The first kappa shape index (κ1) is 14.5. The number of benzene rings is 1. The SMILES string of the molecule is Cc1nc(NC(=O)c2ccccc2)cc(N2CCCCC2)n1. The molecular formula is C17H20N4O. The molecule has 0 radical (unpaired) electrons. The van der Waals surface area contributed by atoms with Crippen LogP contribution < -0.4 is 10.2 Å². The van der Waals surface area contributed by atoms with Crippen LogP contribution in [0, 0.1) is 6.92 Å². The lowest BCUT2D eigenvalue weighted by Crippen LogP contribution is -2.30. The average Bonchev–Trinajstić information content (AvgIpc) is 2.56. The smallest absolute Gasteiger partial charge is 0.256 e. The summed E-state index contributed by atoms with van der Waals surface area (Å²) >= 11 is 0. The third kappa shape index (κ3) is 3.42. The van der Waals surface area contributed by atoms with Gasteiger partial charge in [-0.25, -0.2) is 9.97 Å². The van der Waals surface area contributed by atoms with Gasteiger partial charge in [0.2, 0.25) is 0 Å². The molecule has 3 rings (SSSR count). The zero-order valence-corrected chi connectivity index (χ0v) is 12.7. The zero-order chi connectivity index (χ0) is 15.4. The molecule has 1 aromatic carbocycles. The van der Waals surface area contributed by atoms with Crippen molar-refractivity contribution in [3.8, 4) is 0 Å². The van der Waals surface area contributed by atoms with E-state index in [0.29, 0.717) is 17.2 Å². The summed E-state index contributed by atoms with van der Waals surface area (Å²) in [6.07, 6.45) is 3.65. The van der Waals surface area contributed by atoms with E-state index in [1.54, 1.807) is 12.1 Å². The predicted molar refractivity (Wildman–Crippen MR) is 87.2 cm³/mol. The number of hydrogen-bond donors (Lipinski definition) is 1. The van der Waals surface area contributed by atoms with Gasteiger partial charge >= 0.3 is 0 Å². The molecule has 22 heavy (non-hydrogen) atoms. The Hall–Kier alpha value is -2.43. The van der Waals surface area contributed by atoms with Gasteiger partial charge < -0.3 is 10.2 Å². The zero-order valence-electron chi connectivity index (χ0n) is 12.7. The van der Waals surface area contributed by atoms with Crippen LogP contribution >= 0.6 is 0 Å². The number of nitrogens with one attached hydrogen (secondary N) is 1. The molecular weight excluding hydrogens is 276 g/mol. The van der Waals surface area contributed by atoms with E-state index < -0.39 is 0 Å². The number of hydrogen-bond acceptors (Lipinski definition) is 4. The quantitative estimate of drug-likeness (QED) is 0.946. The first-order valence-corrected chi connectivity index (χ1v) is 7.69. The van der Waals surface area contributed by atoms with Gasteiger partial charge in [-0.15, -0.1) is 0 Å². The first-order valence-electron chi connectivity index (χ1n) is 7.69. The van der Waals surface area contributed by atoms with Crippen molar-refractivity contribution in [2.24, 2.45) is 0 Å². The molecule has 1 aliphatic rings. The van der Waals surface area contributed by atoms with E-state index in [1.807, 2.05) is 31.2 Å². The number of carbonyl (C=O) groups is 1. The Kier molecular flexibility index (Phi) is 4.32. The minimum atomic E-state index is -0.150. The van der Waals surface area contributed by atoms with Gasteiger partial charge in [0.15, 0.2) is 0 Å². The van der Waals surface area contributed by atoms with Gasteiger partial charge in [0.25, 0.3) is 5.91 Å². The van der Waals surface area contributed by atoms with Gasteiger partial charge in [-0.1, -0.05) is 18.2 Å². The van der Waals surface area contributed by atoms with E-state index in [4.69, 9.17) is 0 Å². The van der Waals surface area contributed by atoms with E-state index in [0.717, 1.165) is 18.9 Å². The Morgan fingerprint density at radius 2 is 1.82 bits per heavy atom. The number of aromatic nitrogens is 2. The summed E-state index contributed by atoms with van der Waals surface area (Å²) < 4.78 is 0. The van der Waals surface area contributed by atoms with Crippen LogP contribution in [0.4, 0.5) is 11.6 Å². The number of amides is 1. The molecule has 0 saturated carbocycles. The number of rotatable bonds is 3. The molecule has 114 valence electrons. The largest absolute Gasteiger partial charge is 0.356 e. The van der Waals surface area contributed by atoms with E-state index in [-0.39, 0.29) is 5.91 Å². The lowest BCUT2D eigenvalue weighted by molar-refractivity contribution is 0.102. The van der Waals surface area contributed by atoms with Crippen LogP contribution in [0.5, 0.6) is 0 Å². The lowest BCUT2D eigenvalue weighted by atomic mass is 10.1. The van der Waals surface area contributed by atoms with Gasteiger partial charge in [-0.05, 0) is 38.3 Å². The molecule has 2 aromatic rings. The number of carbonyl (C=O) groups excluding carboxylic acids is 1. The highest BCUT2D eigenvalue weighted by molar-refractivity contribution is 6.03. The summed E-state index contributed by atoms with van der Waals surface area (Å²) in [6.45, 7) is 3.89. The van der Waals surface area contributed by atoms with E-state index in [2.05, 4.69) is 20.2 Å². The first-order chi connectivity index (χ1) is 10.7. The molecule has 0 spiro atoms. The van der Waals surface area contributed by atoms with E-state index >= 15 is 0 Å². The summed E-state index contributed by atoms with van der Waals surface area (Å²) in [7, 11) is 0. The summed E-state index contributed by atoms with van der Waals surface area (Å²) in [5, 5.41) is 2.86. The second kappa shape index (κ2) is 6.56. The van der Waals surface area contributed by atoms with Crippen molar-refractivity contribution in [3.05, 3.63) is 47.8 Å². The Bertz CT molecular complexity index is 651. The van der Waals surface area contributed by atoms with Crippen molar-refractivity contribution in [2.45, 2.75) is 26.2 Å². The van der Waals surface area contributed by atoms with Crippen molar-refractivity contribution < 1.29 is 4.79 Å². The number of nitrogens with zero attached hydrogens (tertiary/aromatic N) is 3. The lowest BCUT2D eigenvalue weighted by Gasteiger charge is -2.28. The number of aryl methyl sites for hydroxylation is 1. The third-order valence-corrected chi connectivity index (χ3v) is 3.78. The van der Waals surface area contributed by atoms with Crippen molar-refractivity contribution in [1.82, 2.24) is 9.97 Å². The van der Waals surface area contributed by atoms with Gasteiger partial charge in [0, 0.05) is 24.7 Å². The Morgan fingerprint density at radius 3 is 2.55 bits per heavy atom. The molecule has 0 unspecified atom stereocenters. The van der Waals surface area contributed by atoms with Gasteiger partial charge in [-0.3, -0.25) is 4.79 Å². The minimum absolute atomic E-state index is 0.150. The van der Waals surface area contributed by atoms with Crippen LogP contribution in [-0.2, 0) is 0 Å². The Labute approximate surface area is 130 Å². The average molecular weight is 296 g/mol. The van der Waals surface area contributed by atoms with Gasteiger partial charge in [0.05, 0.1) is 0 Å². The highest BCUT2D eigenvalue weighted by atomic mass is 16.1. The summed E-state index contributed by atoms with van der Waals surface area (Å²) in [6, 6.07) is 11.0. The van der Waals surface area contributed by atoms with Crippen LogP contribution in [-0.4, -0.2) is 29.0 Å². The van der Waals surface area contributed by atoms with Crippen molar-refractivity contribution in [1.29, 1.82) is 0 Å². The van der Waals surface area contributed by atoms with Crippen molar-refractivity contribution in [3.63, 3.8) is 0 Å². The summed E-state index contributed by atoms with van der Waals surface area (Å²) in [4.78, 5) is 23.3. The van der Waals surface area contributed by atoms with Gasteiger partial charge in [0.1, 0.15) is 17.5 Å². The molecule has 1 N–H and O–H groups in total. The van der Waals surface area contributed by atoms with Gasteiger partial charge in [-0.2, -0.15) is 0 Å².